The second-order valence-electron chi connectivity index (χ2n) is 7.52. The average molecular weight is 511 g/mol. The first-order chi connectivity index (χ1) is 16.8. The monoisotopic (exact) mass is 510 g/mol. The SMILES string of the molecule is CCN1C(=O)/C(=C/c2ccc(OCc3cccc(F)c3)c(Cl)c2)SC1=Nc1cccc(C(=O)O)c1. The Kier molecular flexibility index (Phi) is 7.53. The molecule has 178 valence electrons. The van der Waals surface area contributed by atoms with E-state index in [4.69, 9.17) is 16.3 Å². The summed E-state index contributed by atoms with van der Waals surface area (Å²) in [6.45, 7) is 2.42. The molecule has 1 saturated heterocycles. The minimum absolute atomic E-state index is 0.120. The van der Waals surface area contributed by atoms with E-state index in [1.165, 1.54) is 40.9 Å². The summed E-state index contributed by atoms with van der Waals surface area (Å²) in [6, 6.07) is 17.5. The lowest BCUT2D eigenvalue weighted by Gasteiger charge is -2.12. The maximum atomic E-state index is 13.4. The van der Waals surface area contributed by atoms with Crippen molar-refractivity contribution in [2.45, 2.75) is 13.5 Å². The Morgan fingerprint density at radius 3 is 2.69 bits per heavy atom. The van der Waals surface area contributed by atoms with Crippen LogP contribution in [0.25, 0.3) is 6.08 Å². The molecule has 0 aromatic heterocycles. The van der Waals surface area contributed by atoms with E-state index in [0.29, 0.717) is 44.2 Å². The number of hydrogen-bond donors (Lipinski definition) is 1. The highest BCUT2D eigenvalue weighted by Gasteiger charge is 2.32. The van der Waals surface area contributed by atoms with Gasteiger partial charge in [-0.25, -0.2) is 14.2 Å². The number of ether oxygens (including phenoxy) is 1. The number of amides is 1. The molecule has 0 aliphatic carbocycles. The quantitative estimate of drug-likeness (QED) is 0.373. The zero-order valence-electron chi connectivity index (χ0n) is 18.6. The topological polar surface area (TPSA) is 79.2 Å². The highest BCUT2D eigenvalue weighted by Crippen LogP contribution is 2.35. The van der Waals surface area contributed by atoms with E-state index in [0.717, 1.165) is 0 Å². The molecule has 1 N–H and O–H groups in total. The number of aromatic carboxylic acids is 1. The number of thioether (sulfide) groups is 1. The lowest BCUT2D eigenvalue weighted by atomic mass is 10.2. The Morgan fingerprint density at radius 2 is 1.97 bits per heavy atom. The lowest BCUT2D eigenvalue weighted by molar-refractivity contribution is -0.122. The number of carboxylic acids is 1. The van der Waals surface area contributed by atoms with Crippen LogP contribution in [0.2, 0.25) is 5.02 Å². The van der Waals surface area contributed by atoms with Crippen LogP contribution in [0, 0.1) is 5.82 Å². The van der Waals surface area contributed by atoms with Gasteiger partial charge in [-0.15, -0.1) is 0 Å². The fourth-order valence-electron chi connectivity index (χ4n) is 3.35. The van der Waals surface area contributed by atoms with Crippen molar-refractivity contribution in [3.8, 4) is 5.75 Å². The molecule has 4 rings (SSSR count). The number of aliphatic imine (C=N–C) groups is 1. The van der Waals surface area contributed by atoms with Gasteiger partial charge < -0.3 is 9.84 Å². The Labute approximate surface area is 210 Å². The van der Waals surface area contributed by atoms with Crippen LogP contribution in [0.5, 0.6) is 5.75 Å². The van der Waals surface area contributed by atoms with Gasteiger partial charge in [-0.2, -0.15) is 0 Å². The zero-order chi connectivity index (χ0) is 24.9. The molecule has 0 spiro atoms. The summed E-state index contributed by atoms with van der Waals surface area (Å²) in [5.74, 6) is -1.14. The molecule has 6 nitrogen and oxygen atoms in total. The van der Waals surface area contributed by atoms with Crippen LogP contribution in [0.15, 0.2) is 76.6 Å². The number of nitrogens with zero attached hydrogens (tertiary/aromatic N) is 2. The number of benzene rings is 3. The maximum absolute atomic E-state index is 13.4. The van der Waals surface area contributed by atoms with Crippen LogP contribution < -0.4 is 4.74 Å². The van der Waals surface area contributed by atoms with Gasteiger partial charge in [-0.1, -0.05) is 35.9 Å². The van der Waals surface area contributed by atoms with Gasteiger partial charge in [0.05, 0.1) is 21.2 Å². The number of carbonyl (C=O) groups is 2. The van der Waals surface area contributed by atoms with Gasteiger partial charge in [-0.3, -0.25) is 9.69 Å². The molecule has 0 atom stereocenters. The van der Waals surface area contributed by atoms with E-state index in [-0.39, 0.29) is 23.9 Å². The van der Waals surface area contributed by atoms with Gasteiger partial charge in [-0.05, 0) is 78.4 Å². The van der Waals surface area contributed by atoms with E-state index >= 15 is 0 Å². The molecule has 3 aromatic rings. The predicted molar refractivity (Wildman–Crippen MR) is 136 cm³/mol. The summed E-state index contributed by atoms with van der Waals surface area (Å²) < 4.78 is 19.1. The highest BCUT2D eigenvalue weighted by molar-refractivity contribution is 8.18. The van der Waals surface area contributed by atoms with Crippen molar-refractivity contribution in [1.82, 2.24) is 4.90 Å². The maximum Gasteiger partial charge on any atom is 0.335 e. The van der Waals surface area contributed by atoms with E-state index < -0.39 is 5.97 Å². The molecular weight excluding hydrogens is 491 g/mol. The zero-order valence-corrected chi connectivity index (χ0v) is 20.1. The molecular formula is C26H20ClFN2O4S. The Morgan fingerprint density at radius 1 is 1.17 bits per heavy atom. The van der Waals surface area contributed by atoms with Crippen LogP contribution in [0.4, 0.5) is 10.1 Å². The number of carboxylic acid groups (broad SMARTS) is 1. The first kappa shape index (κ1) is 24.5. The Balaban J connectivity index is 1.53. The fourth-order valence-corrected chi connectivity index (χ4v) is 4.66. The Hall–Kier alpha value is -3.62. The normalized spacial score (nSPS) is 15.7. The van der Waals surface area contributed by atoms with Crippen molar-refractivity contribution >= 4 is 52.2 Å². The second kappa shape index (κ2) is 10.8. The van der Waals surface area contributed by atoms with Crippen LogP contribution >= 0.6 is 23.4 Å². The van der Waals surface area contributed by atoms with Crippen molar-refractivity contribution in [2.24, 2.45) is 4.99 Å². The number of halogens is 2. The van der Waals surface area contributed by atoms with Crippen molar-refractivity contribution in [3.05, 3.63) is 99.2 Å². The van der Waals surface area contributed by atoms with Crippen LogP contribution in [-0.4, -0.2) is 33.6 Å². The predicted octanol–water partition coefficient (Wildman–Crippen LogP) is 6.38. The summed E-state index contributed by atoms with van der Waals surface area (Å²) >= 11 is 7.58. The van der Waals surface area contributed by atoms with Crippen LogP contribution in [-0.2, 0) is 11.4 Å². The van der Waals surface area contributed by atoms with E-state index in [2.05, 4.69) is 4.99 Å². The minimum atomic E-state index is -1.05. The summed E-state index contributed by atoms with van der Waals surface area (Å²) in [5.41, 5.74) is 1.95. The first-order valence-electron chi connectivity index (χ1n) is 10.6. The molecule has 35 heavy (non-hydrogen) atoms. The van der Waals surface area contributed by atoms with Gasteiger partial charge in [0.2, 0.25) is 0 Å². The third-order valence-corrected chi connectivity index (χ3v) is 6.36. The average Bonchev–Trinajstić information content (AvgIpc) is 3.12. The Bertz CT molecular complexity index is 1360. The molecule has 0 saturated carbocycles. The van der Waals surface area contributed by atoms with Crippen molar-refractivity contribution in [1.29, 1.82) is 0 Å². The number of amidine groups is 1. The molecule has 1 fully saturated rings. The number of likely N-dealkylation sites (N-methyl/N-ethyl adjacent to an activating group) is 1. The molecule has 9 heteroatoms. The largest absolute Gasteiger partial charge is 0.487 e. The number of rotatable bonds is 7. The first-order valence-corrected chi connectivity index (χ1v) is 11.8. The van der Waals surface area contributed by atoms with E-state index in [1.54, 1.807) is 48.5 Å². The smallest absolute Gasteiger partial charge is 0.335 e. The van der Waals surface area contributed by atoms with Crippen LogP contribution in [0.1, 0.15) is 28.4 Å². The molecule has 1 amide bonds. The van der Waals surface area contributed by atoms with Gasteiger partial charge >= 0.3 is 5.97 Å². The fraction of sp³-hybridized carbons (Fsp3) is 0.115. The lowest BCUT2D eigenvalue weighted by Crippen LogP contribution is -2.28. The molecule has 1 heterocycles. The number of hydrogen-bond acceptors (Lipinski definition) is 5. The number of carbonyl (C=O) groups excluding carboxylic acids is 1. The molecule has 0 unspecified atom stereocenters. The molecule has 3 aromatic carbocycles. The highest BCUT2D eigenvalue weighted by atomic mass is 35.5. The molecule has 1 aliphatic rings. The molecule has 0 radical (unpaired) electrons. The second-order valence-corrected chi connectivity index (χ2v) is 8.93. The van der Waals surface area contributed by atoms with Gasteiger partial charge in [0.1, 0.15) is 18.2 Å². The van der Waals surface area contributed by atoms with Gasteiger partial charge in [0.25, 0.3) is 5.91 Å². The summed E-state index contributed by atoms with van der Waals surface area (Å²) in [4.78, 5) is 30.6. The van der Waals surface area contributed by atoms with E-state index in [9.17, 15) is 19.1 Å². The summed E-state index contributed by atoms with van der Waals surface area (Å²) in [6.07, 6.45) is 1.72. The van der Waals surface area contributed by atoms with Gasteiger partial charge in [0, 0.05) is 6.54 Å². The third-order valence-electron chi connectivity index (χ3n) is 5.06. The summed E-state index contributed by atoms with van der Waals surface area (Å²) in [5, 5.41) is 10.0. The van der Waals surface area contributed by atoms with E-state index in [1.807, 2.05) is 6.92 Å². The third kappa shape index (κ3) is 5.90. The molecule has 1 aliphatic heterocycles. The van der Waals surface area contributed by atoms with Gasteiger partial charge in [0.15, 0.2) is 5.17 Å². The minimum Gasteiger partial charge on any atom is -0.487 e. The molecule has 0 bridgehead atoms. The van der Waals surface area contributed by atoms with Crippen molar-refractivity contribution < 1.29 is 23.8 Å². The summed E-state index contributed by atoms with van der Waals surface area (Å²) in [7, 11) is 0. The van der Waals surface area contributed by atoms with Crippen molar-refractivity contribution in [3.63, 3.8) is 0 Å². The van der Waals surface area contributed by atoms with Crippen molar-refractivity contribution in [2.75, 3.05) is 6.54 Å². The standard InChI is InChI=1S/C26H20ClFN2O4S/c1-2-30-24(31)23(35-26(30)29-20-8-4-6-18(14-20)25(32)33)13-16-9-10-22(21(27)12-16)34-15-17-5-3-7-19(28)11-17/h3-14H,2,15H2,1H3,(H,32,33)/b23-13-,29-26?. The van der Waals surface area contributed by atoms with Crippen LogP contribution in [0.3, 0.4) is 0 Å².